The van der Waals surface area contributed by atoms with Crippen LogP contribution in [0.4, 0.5) is 0 Å². The second kappa shape index (κ2) is 8.46. The average molecular weight is 454 g/mol. The summed E-state index contributed by atoms with van der Waals surface area (Å²) in [6.07, 6.45) is 3.89. The molecule has 0 amide bonds. The lowest BCUT2D eigenvalue weighted by Crippen LogP contribution is -2.24. The summed E-state index contributed by atoms with van der Waals surface area (Å²) in [4.78, 5) is 19.3. The molecule has 4 rings (SSSR count). The molecule has 5 heteroatoms. The zero-order chi connectivity index (χ0) is 24.8. The van der Waals surface area contributed by atoms with Crippen molar-refractivity contribution in [1.82, 2.24) is 24.5 Å². The van der Waals surface area contributed by atoms with Crippen molar-refractivity contribution in [3.8, 4) is 28.5 Å². The largest absolute Gasteiger partial charge is 0.299 e. The van der Waals surface area contributed by atoms with Crippen molar-refractivity contribution in [1.29, 1.82) is 0 Å². The quantitative estimate of drug-likeness (QED) is 0.338. The fraction of sp³-hybridized carbons (Fsp3) is 0.379. The van der Waals surface area contributed by atoms with Gasteiger partial charge in [-0.3, -0.25) is 4.57 Å². The zero-order valence-electron chi connectivity index (χ0n) is 21.9. The van der Waals surface area contributed by atoms with Crippen LogP contribution in [0.5, 0.6) is 0 Å². The molecule has 0 saturated carbocycles. The summed E-state index contributed by atoms with van der Waals surface area (Å²) in [6.45, 7) is 19.3. The van der Waals surface area contributed by atoms with E-state index in [9.17, 15) is 0 Å². The van der Waals surface area contributed by atoms with E-state index >= 15 is 0 Å². The molecule has 0 bridgehead atoms. The van der Waals surface area contributed by atoms with Gasteiger partial charge in [-0.1, -0.05) is 77.4 Å². The number of aryl methyl sites for hydroxylation is 3. The molecule has 2 aromatic heterocycles. The van der Waals surface area contributed by atoms with Crippen LogP contribution >= 0.6 is 0 Å². The van der Waals surface area contributed by atoms with Gasteiger partial charge < -0.3 is 0 Å². The second-order valence-electron chi connectivity index (χ2n) is 11.3. The molecule has 5 nitrogen and oxygen atoms in total. The van der Waals surface area contributed by atoms with Gasteiger partial charge in [0, 0.05) is 34.4 Å². The van der Waals surface area contributed by atoms with E-state index in [1.54, 1.807) is 0 Å². The number of imidazole rings is 1. The van der Waals surface area contributed by atoms with E-state index in [-0.39, 0.29) is 10.8 Å². The second-order valence-corrected chi connectivity index (χ2v) is 11.3. The number of nitrogens with zero attached hydrogens (tertiary/aromatic N) is 5. The maximum absolute atomic E-state index is 4.88. The Labute approximate surface area is 203 Å². The molecular formula is C29H35N5. The highest BCUT2D eigenvalue weighted by Crippen LogP contribution is 2.31. The predicted molar refractivity (Wildman–Crippen MR) is 139 cm³/mol. The first-order chi connectivity index (χ1) is 15.8. The normalized spacial score (nSPS) is 12.3. The standard InChI is InChI=1S/C29H35N5/c1-18-15-19(2)23(20(3)16-18)34-14-13-30-25(34)22-12-10-11-21(17-22)24-31-26(28(4,5)6)33-27(32-24)29(7,8)9/h10-17H,1-9H3. The summed E-state index contributed by atoms with van der Waals surface area (Å²) in [6, 6.07) is 12.8. The lowest BCUT2D eigenvalue weighted by Gasteiger charge is -2.22. The molecule has 34 heavy (non-hydrogen) atoms. The number of benzene rings is 2. The Hall–Kier alpha value is -3.34. The molecule has 0 aliphatic rings. The molecule has 0 unspecified atom stereocenters. The number of aromatic nitrogens is 5. The lowest BCUT2D eigenvalue weighted by molar-refractivity contribution is 0.497. The molecule has 0 aliphatic carbocycles. The van der Waals surface area contributed by atoms with Crippen molar-refractivity contribution < 1.29 is 0 Å². The SMILES string of the molecule is Cc1cc(C)c(-n2ccnc2-c2cccc(-c3nc(C(C)(C)C)nc(C(C)(C)C)n3)c2)c(C)c1. The Bertz CT molecular complexity index is 1290. The van der Waals surface area contributed by atoms with Crippen LogP contribution in [0.25, 0.3) is 28.5 Å². The molecule has 2 aromatic carbocycles. The third kappa shape index (κ3) is 4.65. The Morgan fingerprint density at radius 3 is 1.82 bits per heavy atom. The van der Waals surface area contributed by atoms with Crippen LogP contribution in [0.2, 0.25) is 0 Å². The Morgan fingerprint density at radius 2 is 1.26 bits per heavy atom. The number of hydrogen-bond acceptors (Lipinski definition) is 4. The van der Waals surface area contributed by atoms with Crippen molar-refractivity contribution in [2.24, 2.45) is 0 Å². The Morgan fingerprint density at radius 1 is 0.706 bits per heavy atom. The van der Waals surface area contributed by atoms with E-state index in [2.05, 4.69) is 103 Å². The molecular weight excluding hydrogens is 418 g/mol. The lowest BCUT2D eigenvalue weighted by atomic mass is 9.93. The number of hydrogen-bond donors (Lipinski definition) is 0. The summed E-state index contributed by atoms with van der Waals surface area (Å²) in [5.74, 6) is 3.21. The first-order valence-electron chi connectivity index (χ1n) is 11.8. The zero-order valence-corrected chi connectivity index (χ0v) is 21.9. The van der Waals surface area contributed by atoms with Gasteiger partial charge in [0.1, 0.15) is 17.5 Å². The van der Waals surface area contributed by atoms with Crippen LogP contribution in [0, 0.1) is 20.8 Å². The van der Waals surface area contributed by atoms with Crippen molar-refractivity contribution in [3.05, 3.63) is 77.1 Å². The maximum atomic E-state index is 4.88. The van der Waals surface area contributed by atoms with Gasteiger partial charge in [0.05, 0.1) is 5.69 Å². The van der Waals surface area contributed by atoms with Gasteiger partial charge in [-0.05, 0) is 38.0 Å². The molecule has 176 valence electrons. The van der Waals surface area contributed by atoms with Crippen LogP contribution in [-0.2, 0) is 10.8 Å². The first-order valence-corrected chi connectivity index (χ1v) is 11.8. The smallest absolute Gasteiger partial charge is 0.163 e. The van der Waals surface area contributed by atoms with E-state index in [1.165, 1.54) is 22.4 Å². The van der Waals surface area contributed by atoms with Crippen molar-refractivity contribution in [2.75, 3.05) is 0 Å². The van der Waals surface area contributed by atoms with Crippen LogP contribution < -0.4 is 0 Å². The van der Waals surface area contributed by atoms with E-state index in [4.69, 9.17) is 19.9 Å². The molecule has 0 fully saturated rings. The summed E-state index contributed by atoms with van der Waals surface area (Å²) in [5, 5.41) is 0. The minimum absolute atomic E-state index is 0.175. The summed E-state index contributed by atoms with van der Waals surface area (Å²) in [7, 11) is 0. The van der Waals surface area contributed by atoms with Crippen molar-refractivity contribution in [2.45, 2.75) is 73.1 Å². The maximum Gasteiger partial charge on any atom is 0.163 e. The minimum atomic E-state index is -0.175. The molecule has 0 atom stereocenters. The summed E-state index contributed by atoms with van der Waals surface area (Å²) in [5.41, 5.74) is 6.54. The van der Waals surface area contributed by atoms with Gasteiger partial charge >= 0.3 is 0 Å². The van der Waals surface area contributed by atoms with Crippen LogP contribution in [0.1, 0.15) is 69.9 Å². The van der Waals surface area contributed by atoms with Gasteiger partial charge in [0.25, 0.3) is 0 Å². The third-order valence-electron chi connectivity index (χ3n) is 5.87. The van der Waals surface area contributed by atoms with Gasteiger partial charge in [-0.15, -0.1) is 0 Å². The first kappa shape index (κ1) is 23.8. The van der Waals surface area contributed by atoms with Gasteiger partial charge in [0.2, 0.25) is 0 Å². The Balaban J connectivity index is 1.86. The molecule has 4 aromatic rings. The molecule has 0 saturated heterocycles. The topological polar surface area (TPSA) is 56.5 Å². The number of rotatable bonds is 3. The molecule has 0 spiro atoms. The highest BCUT2D eigenvalue weighted by Gasteiger charge is 2.25. The van der Waals surface area contributed by atoms with E-state index in [0.717, 1.165) is 28.6 Å². The van der Waals surface area contributed by atoms with E-state index < -0.39 is 0 Å². The molecule has 0 radical (unpaired) electrons. The predicted octanol–water partition coefficient (Wildman–Crippen LogP) is 6.91. The van der Waals surface area contributed by atoms with Crippen LogP contribution in [-0.4, -0.2) is 24.5 Å². The van der Waals surface area contributed by atoms with E-state index in [1.807, 2.05) is 12.4 Å². The van der Waals surface area contributed by atoms with Crippen LogP contribution in [0.3, 0.4) is 0 Å². The summed E-state index contributed by atoms with van der Waals surface area (Å²) >= 11 is 0. The monoisotopic (exact) mass is 453 g/mol. The van der Waals surface area contributed by atoms with Crippen LogP contribution in [0.15, 0.2) is 48.8 Å². The fourth-order valence-corrected chi connectivity index (χ4v) is 4.22. The highest BCUT2D eigenvalue weighted by molar-refractivity contribution is 5.68. The highest BCUT2D eigenvalue weighted by atomic mass is 15.1. The molecule has 0 aliphatic heterocycles. The van der Waals surface area contributed by atoms with Gasteiger partial charge in [-0.2, -0.15) is 0 Å². The van der Waals surface area contributed by atoms with E-state index in [0.29, 0.717) is 5.82 Å². The fourth-order valence-electron chi connectivity index (χ4n) is 4.22. The van der Waals surface area contributed by atoms with Crippen molar-refractivity contribution in [3.63, 3.8) is 0 Å². The van der Waals surface area contributed by atoms with Gasteiger partial charge in [0.15, 0.2) is 5.82 Å². The minimum Gasteiger partial charge on any atom is -0.299 e. The van der Waals surface area contributed by atoms with Gasteiger partial charge in [-0.25, -0.2) is 19.9 Å². The molecule has 0 N–H and O–H groups in total. The third-order valence-corrected chi connectivity index (χ3v) is 5.87. The summed E-state index contributed by atoms with van der Waals surface area (Å²) < 4.78 is 2.18. The van der Waals surface area contributed by atoms with Crippen molar-refractivity contribution >= 4 is 0 Å². The average Bonchev–Trinajstić information content (AvgIpc) is 3.21. The molecule has 2 heterocycles. The Kier molecular flexibility index (Phi) is 5.92.